The van der Waals surface area contributed by atoms with Crippen molar-refractivity contribution >= 4 is 10.8 Å². The van der Waals surface area contributed by atoms with Gasteiger partial charge in [-0.25, -0.2) is 8.78 Å². The van der Waals surface area contributed by atoms with Crippen LogP contribution < -0.4 is 24.3 Å². The summed E-state index contributed by atoms with van der Waals surface area (Å²) in [6.45, 7) is 12.4. The van der Waals surface area contributed by atoms with Gasteiger partial charge in [-0.05, 0) is 141 Å². The smallest absolute Gasteiger partial charge is 0.123 e. The SMILES string of the molecule is CC1CN(Cc2ccc(OCC(O)CN(C)Cc3ccccc3)cc2)C1.OC(CNC(c1ccccc1)c1ccccc1)COc1ccc(F)cc1.OC(COc1ccc(F)cc1)CN(Cc1ccccc1)Cc1ccccc1.OC(COc1ccc2ccccc2c1)CN(Cc1ccccc1)Cc1ccccc1. The van der Waals surface area contributed by atoms with Gasteiger partial charge in [-0.1, -0.05) is 262 Å². The number of likely N-dealkylation sites (tertiary alicyclic amines) is 1. The maximum atomic E-state index is 13.0. The molecule has 0 aromatic heterocycles. The highest BCUT2D eigenvalue weighted by Crippen LogP contribution is 2.25. The Balaban J connectivity index is 0.000000155. The number of hydrogen-bond donors (Lipinski definition) is 5. The molecule has 0 spiro atoms. The van der Waals surface area contributed by atoms with Crippen LogP contribution in [0.4, 0.5) is 8.78 Å². The number of fused-ring (bicyclic) bond motifs is 1. The molecule has 109 heavy (non-hydrogen) atoms. The van der Waals surface area contributed by atoms with Gasteiger partial charge >= 0.3 is 0 Å². The van der Waals surface area contributed by atoms with Gasteiger partial charge in [-0.15, -0.1) is 0 Å². The third kappa shape index (κ3) is 29.9. The van der Waals surface area contributed by atoms with Crippen LogP contribution >= 0.6 is 0 Å². The molecule has 1 heterocycles. The first-order valence-electron chi connectivity index (χ1n) is 37.5. The first-order chi connectivity index (χ1) is 53.2. The van der Waals surface area contributed by atoms with Gasteiger partial charge in [0.25, 0.3) is 0 Å². The number of aliphatic hydroxyl groups is 4. The highest BCUT2D eigenvalue weighted by Gasteiger charge is 2.23. The van der Waals surface area contributed by atoms with Crippen molar-refractivity contribution < 1.29 is 48.2 Å². The van der Waals surface area contributed by atoms with E-state index in [4.69, 9.17) is 18.9 Å². The second-order valence-electron chi connectivity index (χ2n) is 27.8. The predicted octanol–water partition coefficient (Wildman–Crippen LogP) is 16.5. The van der Waals surface area contributed by atoms with E-state index >= 15 is 0 Å². The summed E-state index contributed by atoms with van der Waals surface area (Å²) in [5.41, 5.74) is 9.67. The van der Waals surface area contributed by atoms with Crippen LogP contribution in [0.25, 0.3) is 10.8 Å². The Labute approximate surface area is 642 Å². The minimum atomic E-state index is -0.685. The lowest BCUT2D eigenvalue weighted by Gasteiger charge is -2.37. The third-order valence-electron chi connectivity index (χ3n) is 18.2. The van der Waals surface area contributed by atoms with E-state index in [0.29, 0.717) is 44.3 Å². The summed E-state index contributed by atoms with van der Waals surface area (Å²) in [7, 11) is 2.02. The first-order valence-corrected chi connectivity index (χ1v) is 37.5. The molecule has 0 bridgehead atoms. The summed E-state index contributed by atoms with van der Waals surface area (Å²) < 4.78 is 48.6. The minimum absolute atomic E-state index is 0.0159. The quantitative estimate of drug-likeness (QED) is 0.0257. The Kier molecular flexibility index (Phi) is 33.3. The number of ether oxygens (including phenoxy) is 4. The second kappa shape index (κ2) is 44.8. The van der Waals surface area contributed by atoms with E-state index in [2.05, 4.69) is 165 Å². The summed E-state index contributed by atoms with van der Waals surface area (Å²) in [6, 6.07) is 106. The number of rotatable bonds is 35. The molecular weight excluding hydrogens is 1370 g/mol. The molecule has 0 saturated carbocycles. The van der Waals surface area contributed by atoms with Gasteiger partial charge in [0.2, 0.25) is 0 Å². The summed E-state index contributed by atoms with van der Waals surface area (Å²) >= 11 is 0. The van der Waals surface area contributed by atoms with Gasteiger partial charge < -0.3 is 44.7 Å². The van der Waals surface area contributed by atoms with Crippen LogP contribution in [0, 0.1) is 17.6 Å². The van der Waals surface area contributed by atoms with E-state index in [-0.39, 0.29) is 37.5 Å². The molecule has 4 atom stereocenters. The van der Waals surface area contributed by atoms with E-state index in [1.165, 1.54) is 76.1 Å². The standard InChI is InChI=1S/C27H27NO2.C23H24FNO2.C22H22FNO2.C22H30N2O2/c29-26(21-30-27-16-15-24-13-7-8-14-25(24)17-27)20-28(18-22-9-3-1-4-10-22)19-23-11-5-2-6-12-23;24-21-11-13-23(14-12-21)27-18-22(26)17-25(15-19-7-3-1-4-8-19)16-20-9-5-2-6-10-20;23-19-11-13-21(14-12-19)26-16-20(25)15-24-22(17-7-3-1-4-8-17)18-9-5-2-6-10-18;1-18-12-24(13-18)15-20-8-10-22(11-9-20)26-17-21(25)16-23(2)14-19-6-4-3-5-7-19/h1-17,26,29H,18-21H2;1-14,22,26H,15-18H2;1-14,20,22,24-25H,15-16H2;3-11,18,21,25H,12-17H2,1-2H3. The summed E-state index contributed by atoms with van der Waals surface area (Å²) in [5, 5.41) is 47.3. The number of halogens is 2. The molecule has 0 radical (unpaired) electrons. The molecule has 13 nitrogen and oxygen atoms in total. The lowest BCUT2D eigenvalue weighted by atomic mass is 9.98. The first kappa shape index (κ1) is 81.1. The molecule has 15 heteroatoms. The van der Waals surface area contributed by atoms with Crippen molar-refractivity contribution in [1.82, 2.24) is 24.9 Å². The fraction of sp³-hybridized carbons (Fsp3) is 0.255. The Morgan fingerprint density at radius 1 is 0.358 bits per heavy atom. The zero-order valence-corrected chi connectivity index (χ0v) is 62.4. The van der Waals surface area contributed by atoms with Crippen LogP contribution in [0.2, 0.25) is 0 Å². The van der Waals surface area contributed by atoms with Crippen molar-refractivity contribution in [2.45, 2.75) is 76.6 Å². The maximum Gasteiger partial charge on any atom is 0.123 e. The second-order valence-corrected chi connectivity index (χ2v) is 27.8. The molecule has 1 saturated heterocycles. The Bertz CT molecular complexity index is 4290. The molecular formula is C94H103F2N5O8. The largest absolute Gasteiger partial charge is 0.491 e. The predicted molar refractivity (Wildman–Crippen MR) is 433 cm³/mol. The molecule has 12 aromatic rings. The van der Waals surface area contributed by atoms with Gasteiger partial charge in [0.15, 0.2) is 0 Å². The molecule has 12 aromatic carbocycles. The molecule has 566 valence electrons. The molecule has 4 unspecified atom stereocenters. The maximum absolute atomic E-state index is 13.0. The van der Waals surface area contributed by atoms with Crippen molar-refractivity contribution in [2.75, 3.05) is 72.7 Å². The third-order valence-corrected chi connectivity index (χ3v) is 18.2. The van der Waals surface area contributed by atoms with Crippen LogP contribution in [-0.4, -0.2) is 137 Å². The Hall–Kier alpha value is -10.4. The number of benzene rings is 12. The zero-order chi connectivity index (χ0) is 76.0. The van der Waals surface area contributed by atoms with E-state index in [9.17, 15) is 29.2 Å². The topological polar surface area (TPSA) is 143 Å². The number of nitrogens with one attached hydrogen (secondary N) is 1. The van der Waals surface area contributed by atoms with Gasteiger partial charge in [-0.2, -0.15) is 0 Å². The van der Waals surface area contributed by atoms with Crippen molar-refractivity contribution in [3.05, 3.63) is 384 Å². The van der Waals surface area contributed by atoms with Crippen molar-refractivity contribution in [3.63, 3.8) is 0 Å². The van der Waals surface area contributed by atoms with Crippen LogP contribution in [0.3, 0.4) is 0 Å². The van der Waals surface area contributed by atoms with Gasteiger partial charge in [0.05, 0.1) is 6.04 Å². The summed E-state index contributed by atoms with van der Waals surface area (Å²) in [6.07, 6.45) is -2.42. The van der Waals surface area contributed by atoms with Crippen molar-refractivity contribution in [2.24, 2.45) is 5.92 Å². The lowest BCUT2D eigenvalue weighted by molar-refractivity contribution is 0.0627. The van der Waals surface area contributed by atoms with Gasteiger partial charge in [-0.3, -0.25) is 19.6 Å². The van der Waals surface area contributed by atoms with Gasteiger partial charge in [0, 0.05) is 78.5 Å². The zero-order valence-electron chi connectivity index (χ0n) is 62.4. The fourth-order valence-corrected chi connectivity index (χ4v) is 12.8. The molecule has 1 aliphatic rings. The molecule has 0 aliphatic carbocycles. The fourth-order valence-electron chi connectivity index (χ4n) is 12.8. The Morgan fingerprint density at radius 2 is 0.679 bits per heavy atom. The minimum Gasteiger partial charge on any atom is -0.491 e. The monoisotopic (exact) mass is 1470 g/mol. The highest BCUT2D eigenvalue weighted by atomic mass is 19.1. The van der Waals surface area contributed by atoms with E-state index < -0.39 is 24.4 Å². The average Bonchev–Trinajstić information content (AvgIpc) is 0.849. The van der Waals surface area contributed by atoms with Crippen LogP contribution in [-0.2, 0) is 39.3 Å². The van der Waals surface area contributed by atoms with Crippen molar-refractivity contribution in [3.8, 4) is 23.0 Å². The molecule has 5 N–H and O–H groups in total. The average molecular weight is 1470 g/mol. The normalized spacial score (nSPS) is 13.2. The van der Waals surface area contributed by atoms with Gasteiger partial charge in [0.1, 0.15) is 85.5 Å². The van der Waals surface area contributed by atoms with Crippen molar-refractivity contribution in [1.29, 1.82) is 0 Å². The molecule has 1 aliphatic heterocycles. The molecule has 1 fully saturated rings. The van der Waals surface area contributed by atoms with Crippen LogP contribution in [0.5, 0.6) is 23.0 Å². The Morgan fingerprint density at radius 3 is 1.07 bits per heavy atom. The van der Waals surface area contributed by atoms with Crippen LogP contribution in [0.1, 0.15) is 57.5 Å². The van der Waals surface area contributed by atoms with Crippen LogP contribution in [0.15, 0.2) is 328 Å². The molecule has 0 amide bonds. The summed E-state index contributed by atoms with van der Waals surface area (Å²) in [4.78, 5) is 9.02. The highest BCUT2D eigenvalue weighted by molar-refractivity contribution is 5.83. The lowest BCUT2D eigenvalue weighted by Crippen LogP contribution is -2.44. The molecule has 13 rings (SSSR count). The van der Waals surface area contributed by atoms with E-state index in [1.54, 1.807) is 24.3 Å². The van der Waals surface area contributed by atoms with E-state index in [1.807, 2.05) is 153 Å². The summed E-state index contributed by atoms with van der Waals surface area (Å²) in [5.74, 6) is 2.90. The van der Waals surface area contributed by atoms with E-state index in [0.717, 1.165) is 73.2 Å². The number of aliphatic hydroxyl groups excluding tert-OH is 4. The number of nitrogens with zero attached hydrogens (tertiary/aromatic N) is 4. The number of likely N-dealkylation sites (N-methyl/N-ethyl adjacent to an activating group) is 1. The number of hydrogen-bond acceptors (Lipinski definition) is 13.